The minimum atomic E-state index is 0.503. The topological polar surface area (TPSA) is 33.6 Å². The molecule has 21 heavy (non-hydrogen) atoms. The van der Waals surface area contributed by atoms with E-state index in [1.54, 1.807) is 0 Å². The Morgan fingerprint density at radius 3 is 2.71 bits per heavy atom. The second kappa shape index (κ2) is 5.82. The fourth-order valence-corrected chi connectivity index (χ4v) is 2.89. The molecule has 0 radical (unpaired) electrons. The van der Waals surface area contributed by atoms with Crippen LogP contribution in [0.4, 0.5) is 0 Å². The van der Waals surface area contributed by atoms with Crippen LogP contribution in [0.5, 0.6) is 0 Å². The van der Waals surface area contributed by atoms with Crippen molar-refractivity contribution < 1.29 is 0 Å². The second-order valence-corrected chi connectivity index (χ2v) is 5.89. The van der Waals surface area contributed by atoms with Gasteiger partial charge in [-0.05, 0) is 49.2 Å². The fourth-order valence-electron chi connectivity index (χ4n) is 2.60. The summed E-state index contributed by atoms with van der Waals surface area (Å²) in [7, 11) is 0. The second-order valence-electron chi connectivity index (χ2n) is 5.51. The molecule has 0 saturated carbocycles. The van der Waals surface area contributed by atoms with E-state index in [0.29, 0.717) is 5.92 Å². The molecule has 0 amide bonds. The Morgan fingerprint density at radius 1 is 1.19 bits per heavy atom. The largest absolute Gasteiger partial charge is 0.329 e. The first-order chi connectivity index (χ1) is 10.1. The van der Waals surface area contributed by atoms with Crippen LogP contribution < -0.4 is 0 Å². The Morgan fingerprint density at radius 2 is 1.95 bits per heavy atom. The summed E-state index contributed by atoms with van der Waals surface area (Å²) in [6.07, 6.45) is 1.04. The molecule has 0 saturated heterocycles. The first kappa shape index (κ1) is 14.0. The molecule has 3 rings (SSSR count). The van der Waals surface area contributed by atoms with Crippen molar-refractivity contribution in [2.75, 3.05) is 0 Å². The van der Waals surface area contributed by atoms with Crippen molar-refractivity contribution in [3.8, 4) is 0 Å². The lowest BCUT2D eigenvalue weighted by molar-refractivity contribution is 0.579. The molecule has 3 nitrogen and oxygen atoms in total. The highest BCUT2D eigenvalue weighted by atomic mass is 32.1. The lowest BCUT2D eigenvalue weighted by atomic mass is 9.98. The summed E-state index contributed by atoms with van der Waals surface area (Å²) in [6.45, 7) is 5.14. The van der Waals surface area contributed by atoms with Gasteiger partial charge in [-0.2, -0.15) is 0 Å². The van der Waals surface area contributed by atoms with E-state index in [4.69, 9.17) is 12.2 Å². The van der Waals surface area contributed by atoms with Gasteiger partial charge in [-0.3, -0.25) is 0 Å². The highest BCUT2D eigenvalue weighted by Crippen LogP contribution is 2.21. The number of imidazole rings is 1. The van der Waals surface area contributed by atoms with Gasteiger partial charge in [0, 0.05) is 12.2 Å². The van der Waals surface area contributed by atoms with E-state index in [2.05, 4.69) is 51.8 Å². The first-order valence-electron chi connectivity index (χ1n) is 7.26. The van der Waals surface area contributed by atoms with Crippen LogP contribution in [-0.4, -0.2) is 14.5 Å². The van der Waals surface area contributed by atoms with Crippen LogP contribution >= 0.6 is 12.2 Å². The molecule has 4 heteroatoms. The standard InChI is InChI=1S/C17H19N3S/c1-12(14-6-4-3-5-7-14)10-11-20-16-15(19-17(20)21)9-8-13(2)18-16/h3-9,12H,10-11H2,1-2H3,(H,19,21). The summed E-state index contributed by atoms with van der Waals surface area (Å²) in [5.74, 6) is 0.503. The third kappa shape index (κ3) is 2.90. The van der Waals surface area contributed by atoms with Crippen molar-refractivity contribution in [3.63, 3.8) is 0 Å². The van der Waals surface area contributed by atoms with Crippen molar-refractivity contribution in [2.24, 2.45) is 0 Å². The highest BCUT2D eigenvalue weighted by molar-refractivity contribution is 7.71. The van der Waals surface area contributed by atoms with Gasteiger partial charge < -0.3 is 9.55 Å². The van der Waals surface area contributed by atoms with Crippen LogP contribution in [0.15, 0.2) is 42.5 Å². The van der Waals surface area contributed by atoms with Gasteiger partial charge in [0.1, 0.15) is 0 Å². The number of hydrogen-bond acceptors (Lipinski definition) is 2. The predicted octanol–water partition coefficient (Wildman–Crippen LogP) is 4.60. The third-order valence-electron chi connectivity index (χ3n) is 3.91. The van der Waals surface area contributed by atoms with Gasteiger partial charge in [-0.1, -0.05) is 37.3 Å². The SMILES string of the molecule is Cc1ccc2[nH]c(=S)n(CCC(C)c3ccccc3)c2n1. The number of nitrogens with one attached hydrogen (secondary N) is 1. The Balaban J connectivity index is 1.84. The molecule has 108 valence electrons. The van der Waals surface area contributed by atoms with E-state index < -0.39 is 0 Å². The van der Waals surface area contributed by atoms with Crippen molar-refractivity contribution in [3.05, 3.63) is 58.5 Å². The van der Waals surface area contributed by atoms with Gasteiger partial charge in [-0.25, -0.2) is 4.98 Å². The third-order valence-corrected chi connectivity index (χ3v) is 4.23. The summed E-state index contributed by atoms with van der Waals surface area (Å²) >= 11 is 5.43. The maximum Gasteiger partial charge on any atom is 0.179 e. The first-order valence-corrected chi connectivity index (χ1v) is 7.67. The number of benzene rings is 1. The van der Waals surface area contributed by atoms with E-state index in [-0.39, 0.29) is 0 Å². The molecule has 0 aliphatic carbocycles. The van der Waals surface area contributed by atoms with Gasteiger partial charge in [0.25, 0.3) is 0 Å². The minimum absolute atomic E-state index is 0.503. The summed E-state index contributed by atoms with van der Waals surface area (Å²) in [6, 6.07) is 14.7. The Kier molecular flexibility index (Phi) is 3.88. The molecule has 1 atom stereocenters. The van der Waals surface area contributed by atoms with Gasteiger partial charge in [0.2, 0.25) is 0 Å². The molecule has 0 fully saturated rings. The minimum Gasteiger partial charge on any atom is -0.329 e. The summed E-state index contributed by atoms with van der Waals surface area (Å²) in [5.41, 5.74) is 4.35. The molecule has 3 aromatic rings. The Labute approximate surface area is 129 Å². The predicted molar refractivity (Wildman–Crippen MR) is 89.1 cm³/mol. The zero-order valence-electron chi connectivity index (χ0n) is 12.3. The monoisotopic (exact) mass is 297 g/mol. The molecule has 0 spiro atoms. The zero-order chi connectivity index (χ0) is 14.8. The number of hydrogen-bond donors (Lipinski definition) is 1. The maximum atomic E-state index is 5.43. The summed E-state index contributed by atoms with van der Waals surface area (Å²) in [4.78, 5) is 7.85. The van der Waals surface area contributed by atoms with Crippen molar-refractivity contribution >= 4 is 23.4 Å². The lowest BCUT2D eigenvalue weighted by Crippen LogP contribution is -2.04. The van der Waals surface area contributed by atoms with Crippen molar-refractivity contribution in [1.82, 2.24) is 14.5 Å². The quantitative estimate of drug-likeness (QED) is 0.714. The van der Waals surface area contributed by atoms with Crippen LogP contribution in [0.3, 0.4) is 0 Å². The van der Waals surface area contributed by atoms with E-state index in [1.165, 1.54) is 5.56 Å². The van der Waals surface area contributed by atoms with Gasteiger partial charge in [-0.15, -0.1) is 0 Å². The number of fused-ring (bicyclic) bond motifs is 1. The van der Waals surface area contributed by atoms with Crippen LogP contribution in [-0.2, 0) is 6.54 Å². The molecule has 2 aromatic heterocycles. The molecule has 0 bridgehead atoms. The van der Waals surface area contributed by atoms with Gasteiger partial charge in [0.05, 0.1) is 5.52 Å². The van der Waals surface area contributed by atoms with Crippen molar-refractivity contribution in [2.45, 2.75) is 32.7 Å². The lowest BCUT2D eigenvalue weighted by Gasteiger charge is -2.12. The Hall–Kier alpha value is -1.94. The zero-order valence-corrected chi connectivity index (χ0v) is 13.2. The van der Waals surface area contributed by atoms with E-state index in [0.717, 1.165) is 34.6 Å². The average Bonchev–Trinajstić information content (AvgIpc) is 2.80. The van der Waals surface area contributed by atoms with Crippen LogP contribution in [0, 0.1) is 11.7 Å². The molecule has 1 aromatic carbocycles. The fraction of sp³-hybridized carbons (Fsp3) is 0.294. The molecule has 1 N–H and O–H groups in total. The number of aryl methyl sites for hydroxylation is 2. The van der Waals surface area contributed by atoms with Crippen LogP contribution in [0.1, 0.15) is 30.5 Å². The van der Waals surface area contributed by atoms with E-state index >= 15 is 0 Å². The van der Waals surface area contributed by atoms with Gasteiger partial charge >= 0.3 is 0 Å². The number of pyridine rings is 1. The number of aromatic nitrogens is 3. The number of rotatable bonds is 4. The Bertz CT molecular complexity index is 802. The normalized spacial score (nSPS) is 12.7. The number of aromatic amines is 1. The molecular formula is C17H19N3S. The number of nitrogens with zero attached hydrogens (tertiary/aromatic N) is 2. The van der Waals surface area contributed by atoms with E-state index in [9.17, 15) is 0 Å². The maximum absolute atomic E-state index is 5.43. The summed E-state index contributed by atoms with van der Waals surface area (Å²) in [5, 5.41) is 0. The molecule has 0 aliphatic heterocycles. The van der Waals surface area contributed by atoms with Crippen LogP contribution in [0.25, 0.3) is 11.2 Å². The summed E-state index contributed by atoms with van der Waals surface area (Å²) < 4.78 is 2.86. The smallest absolute Gasteiger partial charge is 0.179 e. The molecule has 0 aliphatic rings. The van der Waals surface area contributed by atoms with Gasteiger partial charge in [0.15, 0.2) is 10.4 Å². The number of H-pyrrole nitrogens is 1. The van der Waals surface area contributed by atoms with Crippen molar-refractivity contribution in [1.29, 1.82) is 0 Å². The molecule has 2 heterocycles. The molecular weight excluding hydrogens is 278 g/mol. The van der Waals surface area contributed by atoms with E-state index in [1.807, 2.05) is 19.1 Å². The van der Waals surface area contributed by atoms with Crippen LogP contribution in [0.2, 0.25) is 0 Å². The average molecular weight is 297 g/mol. The molecule has 1 unspecified atom stereocenters. The highest BCUT2D eigenvalue weighted by Gasteiger charge is 2.09.